The van der Waals surface area contributed by atoms with Crippen LogP contribution >= 0.6 is 0 Å². The van der Waals surface area contributed by atoms with Gasteiger partial charge in [-0.2, -0.15) is 0 Å². The summed E-state index contributed by atoms with van der Waals surface area (Å²) in [6.07, 6.45) is 5.55. The Labute approximate surface area is 89.6 Å². The number of benzene rings is 1. The van der Waals surface area contributed by atoms with Gasteiger partial charge in [0.25, 0.3) is 0 Å². The number of hydrogen-bond acceptors (Lipinski definition) is 2. The van der Waals surface area contributed by atoms with E-state index in [4.69, 9.17) is 4.74 Å². The molecule has 0 spiro atoms. The van der Waals surface area contributed by atoms with Gasteiger partial charge in [0, 0.05) is 0 Å². The van der Waals surface area contributed by atoms with Crippen LogP contribution in [0.15, 0.2) is 24.3 Å². The first-order valence-corrected chi connectivity index (χ1v) is 5.24. The third-order valence-corrected chi connectivity index (χ3v) is 2.57. The number of esters is 1. The maximum absolute atomic E-state index is 11.4. The summed E-state index contributed by atoms with van der Waals surface area (Å²) < 4.78 is 4.95. The topological polar surface area (TPSA) is 26.3 Å². The molecule has 0 heterocycles. The molecule has 2 nitrogen and oxygen atoms in total. The van der Waals surface area contributed by atoms with Gasteiger partial charge in [-0.05, 0) is 30.0 Å². The average molecular weight is 202 g/mol. The number of allylic oxidation sites excluding steroid dienone is 1. The van der Waals surface area contributed by atoms with E-state index in [1.165, 1.54) is 11.1 Å². The van der Waals surface area contributed by atoms with Crippen molar-refractivity contribution in [3.8, 4) is 0 Å². The molecular weight excluding hydrogens is 188 g/mol. The lowest BCUT2D eigenvalue weighted by molar-refractivity contribution is -0.142. The molecule has 0 amide bonds. The van der Waals surface area contributed by atoms with Crippen LogP contribution < -0.4 is 0 Å². The Morgan fingerprint density at radius 2 is 2.33 bits per heavy atom. The van der Waals surface area contributed by atoms with Crippen LogP contribution in [0.2, 0.25) is 0 Å². The fraction of sp³-hybridized carbons (Fsp3) is 0.308. The predicted molar refractivity (Wildman–Crippen MR) is 59.5 cm³/mol. The summed E-state index contributed by atoms with van der Waals surface area (Å²) >= 11 is 0. The molecule has 0 N–H and O–H groups in total. The highest BCUT2D eigenvalue weighted by Gasteiger charge is 2.12. The van der Waals surface area contributed by atoms with E-state index in [-0.39, 0.29) is 5.97 Å². The van der Waals surface area contributed by atoms with Crippen molar-refractivity contribution in [2.24, 2.45) is 0 Å². The molecule has 2 heteroatoms. The van der Waals surface area contributed by atoms with Crippen LogP contribution in [0, 0.1) is 0 Å². The Kier molecular flexibility index (Phi) is 2.86. The molecule has 0 unspecified atom stereocenters. The van der Waals surface area contributed by atoms with Crippen molar-refractivity contribution in [1.82, 2.24) is 0 Å². The third-order valence-electron chi connectivity index (χ3n) is 2.57. The smallest absolute Gasteiger partial charge is 0.310 e. The lowest BCUT2D eigenvalue weighted by Crippen LogP contribution is -2.09. The fourth-order valence-electron chi connectivity index (χ4n) is 1.90. The number of carbonyl (C=O) groups excluding carboxylic acids is 1. The molecule has 0 atom stereocenters. The first-order valence-electron chi connectivity index (χ1n) is 5.24. The molecule has 1 aliphatic carbocycles. The van der Waals surface area contributed by atoms with E-state index in [2.05, 4.69) is 18.2 Å². The Morgan fingerprint density at radius 3 is 3.13 bits per heavy atom. The Hall–Kier alpha value is -1.57. The predicted octanol–water partition coefficient (Wildman–Crippen LogP) is 2.36. The van der Waals surface area contributed by atoms with Gasteiger partial charge in [0.05, 0.1) is 13.0 Å². The monoisotopic (exact) mass is 202 g/mol. The van der Waals surface area contributed by atoms with Crippen LogP contribution in [-0.4, -0.2) is 12.6 Å². The summed E-state index contributed by atoms with van der Waals surface area (Å²) in [4.78, 5) is 11.4. The summed E-state index contributed by atoms with van der Waals surface area (Å²) in [7, 11) is 0. The molecule has 1 aliphatic rings. The highest BCUT2D eigenvalue weighted by atomic mass is 16.5. The average Bonchev–Trinajstić information content (AvgIpc) is 2.67. The second-order valence-corrected chi connectivity index (χ2v) is 3.57. The van der Waals surface area contributed by atoms with E-state index in [0.29, 0.717) is 13.0 Å². The maximum atomic E-state index is 11.4. The molecule has 1 aromatic rings. The van der Waals surface area contributed by atoms with Crippen LogP contribution in [0.1, 0.15) is 23.6 Å². The van der Waals surface area contributed by atoms with Crippen LogP contribution in [0.4, 0.5) is 0 Å². The summed E-state index contributed by atoms with van der Waals surface area (Å²) in [5.74, 6) is -0.141. The Bertz CT molecular complexity index is 405. The van der Waals surface area contributed by atoms with E-state index in [0.717, 1.165) is 12.0 Å². The standard InChI is InChI=1S/C13H14O2/c1-2-15-13(14)9-11-7-3-5-10-6-4-8-12(10)11/h3-7H,2,8-9H2,1H3. The first kappa shape index (κ1) is 9.97. The van der Waals surface area contributed by atoms with E-state index in [9.17, 15) is 4.79 Å². The minimum absolute atomic E-state index is 0.141. The van der Waals surface area contributed by atoms with E-state index >= 15 is 0 Å². The zero-order valence-electron chi connectivity index (χ0n) is 8.82. The summed E-state index contributed by atoms with van der Waals surface area (Å²) in [5.41, 5.74) is 3.60. The molecule has 0 aliphatic heterocycles. The fourth-order valence-corrected chi connectivity index (χ4v) is 1.90. The molecule has 0 bridgehead atoms. The second-order valence-electron chi connectivity index (χ2n) is 3.57. The zero-order chi connectivity index (χ0) is 10.7. The molecule has 2 rings (SSSR count). The zero-order valence-corrected chi connectivity index (χ0v) is 8.82. The van der Waals surface area contributed by atoms with Crippen molar-refractivity contribution >= 4 is 12.0 Å². The molecule has 78 valence electrons. The van der Waals surface area contributed by atoms with Crippen molar-refractivity contribution in [2.75, 3.05) is 6.61 Å². The van der Waals surface area contributed by atoms with E-state index in [1.807, 2.05) is 19.1 Å². The van der Waals surface area contributed by atoms with Crippen molar-refractivity contribution in [3.05, 3.63) is 41.0 Å². The number of fused-ring (bicyclic) bond motifs is 1. The minimum Gasteiger partial charge on any atom is -0.466 e. The van der Waals surface area contributed by atoms with Gasteiger partial charge < -0.3 is 4.74 Å². The quantitative estimate of drug-likeness (QED) is 0.703. The van der Waals surface area contributed by atoms with Gasteiger partial charge in [-0.15, -0.1) is 0 Å². The normalized spacial score (nSPS) is 12.6. The van der Waals surface area contributed by atoms with Crippen LogP contribution in [0.25, 0.3) is 6.08 Å². The maximum Gasteiger partial charge on any atom is 0.310 e. The lowest BCUT2D eigenvalue weighted by atomic mass is 10.0. The van der Waals surface area contributed by atoms with Crippen LogP contribution in [0.3, 0.4) is 0 Å². The van der Waals surface area contributed by atoms with Gasteiger partial charge in [-0.1, -0.05) is 30.4 Å². The van der Waals surface area contributed by atoms with E-state index in [1.54, 1.807) is 0 Å². The van der Waals surface area contributed by atoms with Gasteiger partial charge in [-0.25, -0.2) is 0 Å². The lowest BCUT2D eigenvalue weighted by Gasteiger charge is -2.07. The second kappa shape index (κ2) is 4.30. The first-order chi connectivity index (χ1) is 7.31. The van der Waals surface area contributed by atoms with E-state index < -0.39 is 0 Å². The van der Waals surface area contributed by atoms with Crippen molar-refractivity contribution in [3.63, 3.8) is 0 Å². The van der Waals surface area contributed by atoms with Crippen molar-refractivity contribution in [1.29, 1.82) is 0 Å². The Morgan fingerprint density at radius 1 is 1.47 bits per heavy atom. The highest BCUT2D eigenvalue weighted by molar-refractivity contribution is 5.74. The number of rotatable bonds is 3. The molecule has 0 fully saturated rings. The number of ether oxygens (including phenoxy) is 1. The molecule has 1 aromatic carbocycles. The van der Waals surface area contributed by atoms with Gasteiger partial charge in [0.15, 0.2) is 0 Å². The van der Waals surface area contributed by atoms with Crippen LogP contribution in [0.5, 0.6) is 0 Å². The largest absolute Gasteiger partial charge is 0.466 e. The number of carbonyl (C=O) groups is 1. The summed E-state index contributed by atoms with van der Waals surface area (Å²) in [5, 5.41) is 0. The van der Waals surface area contributed by atoms with Crippen LogP contribution in [-0.2, 0) is 22.4 Å². The molecule has 15 heavy (non-hydrogen) atoms. The minimum atomic E-state index is -0.141. The number of hydrogen-bond donors (Lipinski definition) is 0. The van der Waals surface area contributed by atoms with Crippen molar-refractivity contribution < 1.29 is 9.53 Å². The van der Waals surface area contributed by atoms with Gasteiger partial charge in [0.2, 0.25) is 0 Å². The molecule has 0 radical (unpaired) electrons. The van der Waals surface area contributed by atoms with Gasteiger partial charge in [0.1, 0.15) is 0 Å². The Balaban J connectivity index is 2.17. The van der Waals surface area contributed by atoms with Crippen molar-refractivity contribution in [2.45, 2.75) is 19.8 Å². The highest BCUT2D eigenvalue weighted by Crippen LogP contribution is 2.23. The van der Waals surface area contributed by atoms with Gasteiger partial charge in [-0.3, -0.25) is 4.79 Å². The SMILES string of the molecule is CCOC(=O)Cc1cccc2c1CC=C2. The molecule has 0 saturated heterocycles. The molecule has 0 saturated carbocycles. The summed E-state index contributed by atoms with van der Waals surface area (Å²) in [6.45, 7) is 2.28. The third kappa shape index (κ3) is 2.09. The molecule has 0 aromatic heterocycles. The summed E-state index contributed by atoms with van der Waals surface area (Å²) in [6, 6.07) is 6.07. The molecular formula is C13H14O2. The van der Waals surface area contributed by atoms with Gasteiger partial charge >= 0.3 is 5.97 Å².